The van der Waals surface area contributed by atoms with Gasteiger partial charge in [-0.15, -0.1) is 0 Å². The van der Waals surface area contributed by atoms with Crippen LogP contribution in [0, 0.1) is 0 Å². The standard InChI is InChI=1S/C15H24N2O4/c1-17(15(18)12(16)8-9-19-2)10-11-6-5-7-13(20-3)14(11)21-4/h5-7,12H,8-10,16H2,1-4H3. The summed E-state index contributed by atoms with van der Waals surface area (Å²) in [6.45, 7) is 0.864. The van der Waals surface area contributed by atoms with E-state index in [0.717, 1.165) is 5.56 Å². The molecule has 1 unspecified atom stereocenters. The van der Waals surface area contributed by atoms with E-state index < -0.39 is 6.04 Å². The Labute approximate surface area is 125 Å². The predicted octanol–water partition coefficient (Wildman–Crippen LogP) is 1.03. The highest BCUT2D eigenvalue weighted by molar-refractivity contribution is 5.81. The zero-order valence-electron chi connectivity index (χ0n) is 13.1. The highest BCUT2D eigenvalue weighted by atomic mass is 16.5. The lowest BCUT2D eigenvalue weighted by molar-refractivity contribution is -0.132. The number of ether oxygens (including phenoxy) is 3. The fraction of sp³-hybridized carbons (Fsp3) is 0.533. The van der Waals surface area contributed by atoms with Crippen molar-refractivity contribution in [3.05, 3.63) is 23.8 Å². The molecule has 1 aromatic rings. The average molecular weight is 296 g/mol. The summed E-state index contributed by atoms with van der Waals surface area (Å²) < 4.78 is 15.5. The summed E-state index contributed by atoms with van der Waals surface area (Å²) in [4.78, 5) is 13.8. The van der Waals surface area contributed by atoms with Gasteiger partial charge in [0.25, 0.3) is 0 Å². The van der Waals surface area contributed by atoms with Crippen LogP contribution in [0.15, 0.2) is 18.2 Å². The molecule has 0 radical (unpaired) electrons. The Bertz CT molecular complexity index is 465. The van der Waals surface area contributed by atoms with Gasteiger partial charge in [0.05, 0.1) is 20.3 Å². The third-order valence-corrected chi connectivity index (χ3v) is 3.22. The van der Waals surface area contributed by atoms with Crippen LogP contribution in [0.3, 0.4) is 0 Å². The molecular weight excluding hydrogens is 272 g/mol. The number of carbonyl (C=O) groups is 1. The average Bonchev–Trinajstić information content (AvgIpc) is 2.51. The molecular formula is C15H24N2O4. The van der Waals surface area contributed by atoms with Crippen LogP contribution in [0.4, 0.5) is 0 Å². The number of likely N-dealkylation sites (N-methyl/N-ethyl adjacent to an activating group) is 1. The second kappa shape index (κ2) is 8.49. The lowest BCUT2D eigenvalue weighted by Gasteiger charge is -2.22. The molecule has 21 heavy (non-hydrogen) atoms. The topological polar surface area (TPSA) is 74.0 Å². The molecule has 1 atom stereocenters. The van der Waals surface area contributed by atoms with Crippen LogP contribution < -0.4 is 15.2 Å². The minimum absolute atomic E-state index is 0.128. The van der Waals surface area contributed by atoms with E-state index in [1.807, 2.05) is 18.2 Å². The van der Waals surface area contributed by atoms with Gasteiger partial charge in [0.2, 0.25) is 5.91 Å². The highest BCUT2D eigenvalue weighted by Gasteiger charge is 2.20. The van der Waals surface area contributed by atoms with Crippen LogP contribution in [0.5, 0.6) is 11.5 Å². The highest BCUT2D eigenvalue weighted by Crippen LogP contribution is 2.31. The van der Waals surface area contributed by atoms with E-state index in [1.165, 1.54) is 0 Å². The molecule has 0 fully saturated rings. The van der Waals surface area contributed by atoms with Crippen molar-refractivity contribution in [2.24, 2.45) is 5.73 Å². The predicted molar refractivity (Wildman–Crippen MR) is 80.5 cm³/mol. The molecule has 1 amide bonds. The van der Waals surface area contributed by atoms with Crippen molar-refractivity contribution in [1.82, 2.24) is 4.90 Å². The van der Waals surface area contributed by atoms with Crippen LogP contribution in [0.25, 0.3) is 0 Å². The minimum atomic E-state index is -0.563. The van der Waals surface area contributed by atoms with Gasteiger partial charge in [-0.2, -0.15) is 0 Å². The van der Waals surface area contributed by atoms with Crippen molar-refractivity contribution >= 4 is 5.91 Å². The maximum absolute atomic E-state index is 12.2. The first-order valence-corrected chi connectivity index (χ1v) is 6.74. The number of nitrogens with two attached hydrogens (primary N) is 1. The Morgan fingerprint density at radius 1 is 1.29 bits per heavy atom. The lowest BCUT2D eigenvalue weighted by Crippen LogP contribution is -2.42. The molecule has 2 N–H and O–H groups in total. The zero-order chi connectivity index (χ0) is 15.8. The SMILES string of the molecule is COCCC(N)C(=O)N(C)Cc1cccc(OC)c1OC. The van der Waals surface area contributed by atoms with Gasteiger partial charge in [0.1, 0.15) is 0 Å². The maximum Gasteiger partial charge on any atom is 0.239 e. The van der Waals surface area contributed by atoms with E-state index in [9.17, 15) is 4.79 Å². The number of benzene rings is 1. The molecule has 0 heterocycles. The summed E-state index contributed by atoms with van der Waals surface area (Å²) in [6.07, 6.45) is 0.495. The molecule has 0 saturated carbocycles. The van der Waals surface area contributed by atoms with Crippen molar-refractivity contribution < 1.29 is 19.0 Å². The van der Waals surface area contributed by atoms with E-state index in [-0.39, 0.29) is 5.91 Å². The van der Waals surface area contributed by atoms with Crippen LogP contribution >= 0.6 is 0 Å². The molecule has 1 aromatic carbocycles. The summed E-state index contributed by atoms with van der Waals surface area (Å²) in [5.41, 5.74) is 6.72. The molecule has 0 aliphatic carbocycles. The summed E-state index contributed by atoms with van der Waals surface area (Å²) in [7, 11) is 6.46. The maximum atomic E-state index is 12.2. The largest absolute Gasteiger partial charge is 0.493 e. The van der Waals surface area contributed by atoms with Crippen molar-refractivity contribution in [2.45, 2.75) is 19.0 Å². The molecule has 0 bridgehead atoms. The van der Waals surface area contributed by atoms with E-state index in [2.05, 4.69) is 0 Å². The second-order valence-corrected chi connectivity index (χ2v) is 4.73. The van der Waals surface area contributed by atoms with E-state index >= 15 is 0 Å². The molecule has 0 aliphatic heterocycles. The Morgan fingerprint density at radius 3 is 2.57 bits per heavy atom. The second-order valence-electron chi connectivity index (χ2n) is 4.73. The molecule has 0 aliphatic rings. The van der Waals surface area contributed by atoms with Gasteiger partial charge in [0.15, 0.2) is 11.5 Å². The fourth-order valence-corrected chi connectivity index (χ4v) is 2.06. The number of amides is 1. The van der Waals surface area contributed by atoms with E-state index in [0.29, 0.717) is 31.1 Å². The van der Waals surface area contributed by atoms with Gasteiger partial charge in [0, 0.05) is 32.9 Å². The molecule has 118 valence electrons. The fourth-order valence-electron chi connectivity index (χ4n) is 2.06. The van der Waals surface area contributed by atoms with Crippen molar-refractivity contribution in [3.8, 4) is 11.5 Å². The summed E-state index contributed by atoms with van der Waals surface area (Å²) in [6, 6.07) is 5.01. The van der Waals surface area contributed by atoms with Crippen LogP contribution in [0.1, 0.15) is 12.0 Å². The number of hydrogen-bond donors (Lipinski definition) is 1. The molecule has 0 saturated heterocycles. The summed E-state index contributed by atoms with van der Waals surface area (Å²) >= 11 is 0. The first kappa shape index (κ1) is 17.3. The van der Waals surface area contributed by atoms with Crippen LogP contribution in [-0.4, -0.2) is 51.8 Å². The zero-order valence-corrected chi connectivity index (χ0v) is 13.1. The molecule has 1 rings (SSSR count). The van der Waals surface area contributed by atoms with Gasteiger partial charge in [-0.3, -0.25) is 4.79 Å². The molecule has 0 aromatic heterocycles. The minimum Gasteiger partial charge on any atom is -0.493 e. The molecule has 6 nitrogen and oxygen atoms in total. The Hall–Kier alpha value is -1.79. The number of methoxy groups -OCH3 is 3. The summed E-state index contributed by atoms with van der Waals surface area (Å²) in [5, 5.41) is 0. The quantitative estimate of drug-likeness (QED) is 0.775. The van der Waals surface area contributed by atoms with Crippen LogP contribution in [0.2, 0.25) is 0 Å². The normalized spacial score (nSPS) is 11.9. The number of para-hydroxylation sites is 1. The van der Waals surface area contributed by atoms with Gasteiger partial charge < -0.3 is 24.8 Å². The number of rotatable bonds is 8. The third-order valence-electron chi connectivity index (χ3n) is 3.22. The van der Waals surface area contributed by atoms with E-state index in [1.54, 1.807) is 33.3 Å². The van der Waals surface area contributed by atoms with Crippen LogP contribution in [-0.2, 0) is 16.1 Å². The number of nitrogens with zero attached hydrogens (tertiary/aromatic N) is 1. The first-order valence-electron chi connectivity index (χ1n) is 6.74. The van der Waals surface area contributed by atoms with E-state index in [4.69, 9.17) is 19.9 Å². The van der Waals surface area contributed by atoms with Gasteiger partial charge in [-0.05, 0) is 12.5 Å². The molecule has 6 heteroatoms. The number of hydrogen-bond acceptors (Lipinski definition) is 5. The van der Waals surface area contributed by atoms with Gasteiger partial charge in [-0.1, -0.05) is 12.1 Å². The first-order chi connectivity index (χ1) is 10.0. The lowest BCUT2D eigenvalue weighted by atomic mass is 10.1. The van der Waals surface area contributed by atoms with Gasteiger partial charge >= 0.3 is 0 Å². The van der Waals surface area contributed by atoms with Crippen molar-refractivity contribution in [1.29, 1.82) is 0 Å². The Balaban J connectivity index is 2.78. The summed E-state index contributed by atoms with van der Waals surface area (Å²) in [5.74, 6) is 1.14. The Morgan fingerprint density at radius 2 is 2.00 bits per heavy atom. The monoisotopic (exact) mass is 296 g/mol. The van der Waals surface area contributed by atoms with Gasteiger partial charge in [-0.25, -0.2) is 0 Å². The smallest absolute Gasteiger partial charge is 0.239 e. The number of carbonyl (C=O) groups excluding carboxylic acids is 1. The molecule has 0 spiro atoms. The third kappa shape index (κ3) is 4.61. The van der Waals surface area contributed by atoms with Crippen molar-refractivity contribution in [3.63, 3.8) is 0 Å². The Kier molecular flexibility index (Phi) is 6.98. The van der Waals surface area contributed by atoms with Crippen molar-refractivity contribution in [2.75, 3.05) is 35.0 Å².